The molecule has 2 aromatic carbocycles. The third kappa shape index (κ3) is 6.16. The van der Waals surface area contributed by atoms with Gasteiger partial charge in [0, 0.05) is 53.8 Å². The Hall–Kier alpha value is -3.46. The molecule has 8 heteroatoms. The monoisotopic (exact) mass is 643 g/mol. The van der Waals surface area contributed by atoms with Crippen molar-refractivity contribution in [2.75, 3.05) is 7.11 Å². The van der Waals surface area contributed by atoms with Crippen molar-refractivity contribution in [2.45, 2.75) is 107 Å². The standard InChI is InChI=1S/C39H49NO7/c1-46-39-30(15-22-13-14-40-20-22)36(31(21-41)37(44)38(39)45)35-19-33(43)28-11-9-26(18-34(28)47-35)25-10-12-32(42)29(17-25)27-8-4-7-24(16-27)23-5-2-3-6-23/h4,8,10,12-14,17,20,23-24,26-28,33-35,40-45H,2-3,5-7,9,11,15-16,18-19,21H2,1H3/t24-,26-,27-,28+,33+,34+,35+/m1/s1. The van der Waals surface area contributed by atoms with Crippen LogP contribution in [0, 0.1) is 17.8 Å². The Labute approximate surface area is 277 Å². The van der Waals surface area contributed by atoms with Crippen LogP contribution >= 0.6 is 0 Å². The van der Waals surface area contributed by atoms with Crippen molar-refractivity contribution in [1.82, 2.24) is 4.98 Å². The lowest BCUT2D eigenvalue weighted by molar-refractivity contribution is -0.154. The molecule has 3 aromatic rings. The van der Waals surface area contributed by atoms with Crippen LogP contribution in [0.2, 0.25) is 0 Å². The summed E-state index contributed by atoms with van der Waals surface area (Å²) in [4.78, 5) is 3.06. The smallest absolute Gasteiger partial charge is 0.201 e. The van der Waals surface area contributed by atoms with Crippen LogP contribution in [0.15, 0.2) is 48.8 Å². The number of hydrogen-bond donors (Lipinski definition) is 6. The van der Waals surface area contributed by atoms with Crippen molar-refractivity contribution >= 4 is 0 Å². The van der Waals surface area contributed by atoms with E-state index in [1.54, 1.807) is 0 Å². The SMILES string of the molecule is COc1c(O)c(O)c(CO)c([C@@H]2C[C@H](O)[C@@H]3CC[C@@H](c4ccc(O)c([C@@H]5C=CC[C@@H](C6CCCC6)C5)c4)C[C@@H]3O2)c1Cc1cc[nH]c1. The second-order valence-electron chi connectivity index (χ2n) is 14.4. The summed E-state index contributed by atoms with van der Waals surface area (Å²) in [6.07, 6.45) is 17.5. The maximum Gasteiger partial charge on any atom is 0.201 e. The zero-order chi connectivity index (χ0) is 32.7. The maximum absolute atomic E-state index is 11.5. The van der Waals surface area contributed by atoms with Gasteiger partial charge in [-0.25, -0.2) is 0 Å². The van der Waals surface area contributed by atoms with Crippen LogP contribution in [-0.2, 0) is 17.8 Å². The minimum absolute atomic E-state index is 0.0224. The summed E-state index contributed by atoms with van der Waals surface area (Å²) in [7, 11) is 1.44. The molecule has 2 saturated carbocycles. The van der Waals surface area contributed by atoms with Crippen molar-refractivity contribution < 1.29 is 35.0 Å². The van der Waals surface area contributed by atoms with E-state index < -0.39 is 30.3 Å². The number of aromatic hydroxyl groups is 3. The summed E-state index contributed by atoms with van der Waals surface area (Å²) in [5, 5.41) is 54.7. The molecule has 0 unspecified atom stereocenters. The first-order valence-corrected chi connectivity index (χ1v) is 17.5. The lowest BCUT2D eigenvalue weighted by Gasteiger charge is -2.45. The van der Waals surface area contributed by atoms with Crippen LogP contribution < -0.4 is 4.74 Å². The largest absolute Gasteiger partial charge is 0.508 e. The van der Waals surface area contributed by atoms with Crippen molar-refractivity contribution in [3.63, 3.8) is 0 Å². The average Bonchev–Trinajstić information content (AvgIpc) is 3.82. The van der Waals surface area contributed by atoms with E-state index >= 15 is 0 Å². The molecule has 0 spiro atoms. The number of H-pyrrole nitrogens is 1. The number of fused-ring (bicyclic) bond motifs is 1. The van der Waals surface area contributed by atoms with Gasteiger partial charge in [0.2, 0.25) is 5.75 Å². The first-order chi connectivity index (χ1) is 22.9. The number of aromatic amines is 1. The third-order valence-electron chi connectivity index (χ3n) is 11.9. The molecule has 7 rings (SSSR count). The number of nitrogens with one attached hydrogen (secondary N) is 1. The van der Waals surface area contributed by atoms with Crippen LogP contribution in [0.5, 0.6) is 23.0 Å². The summed E-state index contributed by atoms with van der Waals surface area (Å²) in [5.74, 6) is 1.55. The van der Waals surface area contributed by atoms with E-state index in [2.05, 4.69) is 23.2 Å². The number of rotatable bonds is 8. The third-order valence-corrected chi connectivity index (χ3v) is 11.9. The van der Waals surface area contributed by atoms with Gasteiger partial charge in [-0.3, -0.25) is 0 Å². The number of allylic oxidation sites excluding steroid dienone is 2. The van der Waals surface area contributed by atoms with Gasteiger partial charge in [-0.15, -0.1) is 0 Å². The number of aliphatic hydroxyl groups excluding tert-OH is 2. The zero-order valence-electron chi connectivity index (χ0n) is 27.3. The lowest BCUT2D eigenvalue weighted by atomic mass is 9.71. The predicted octanol–water partition coefficient (Wildman–Crippen LogP) is 7.24. The van der Waals surface area contributed by atoms with Crippen molar-refractivity contribution in [3.05, 3.63) is 82.2 Å². The van der Waals surface area contributed by atoms with Crippen LogP contribution in [0.1, 0.15) is 116 Å². The quantitative estimate of drug-likeness (QED) is 0.113. The molecule has 6 N–H and O–H groups in total. The van der Waals surface area contributed by atoms with Gasteiger partial charge in [0.25, 0.3) is 0 Å². The summed E-state index contributed by atoms with van der Waals surface area (Å²) in [6.45, 7) is -0.501. The number of phenolic OH excluding ortho intramolecular Hbond substituents is 2. The number of aliphatic hydroxyl groups is 2. The van der Waals surface area contributed by atoms with Crippen molar-refractivity contribution in [1.29, 1.82) is 0 Å². The molecule has 1 saturated heterocycles. The minimum Gasteiger partial charge on any atom is -0.508 e. The van der Waals surface area contributed by atoms with E-state index in [4.69, 9.17) is 9.47 Å². The molecule has 0 amide bonds. The van der Waals surface area contributed by atoms with Gasteiger partial charge in [-0.05, 0) is 78.7 Å². The molecule has 8 nitrogen and oxygen atoms in total. The van der Waals surface area contributed by atoms with Gasteiger partial charge in [-0.2, -0.15) is 0 Å². The molecule has 0 radical (unpaired) electrons. The van der Waals surface area contributed by atoms with Crippen LogP contribution in [0.4, 0.5) is 0 Å². The Morgan fingerprint density at radius 1 is 0.936 bits per heavy atom. The maximum atomic E-state index is 11.5. The Bertz CT molecular complexity index is 1580. The van der Waals surface area contributed by atoms with Gasteiger partial charge >= 0.3 is 0 Å². The fourth-order valence-electron chi connectivity index (χ4n) is 9.43. The topological polar surface area (TPSA) is 135 Å². The highest BCUT2D eigenvalue weighted by atomic mass is 16.5. The van der Waals surface area contributed by atoms with E-state index in [1.807, 2.05) is 30.6 Å². The molecule has 1 aromatic heterocycles. The summed E-state index contributed by atoms with van der Waals surface area (Å²) < 4.78 is 12.5. The molecule has 47 heavy (non-hydrogen) atoms. The van der Waals surface area contributed by atoms with Crippen LogP contribution in [-0.4, -0.2) is 49.8 Å². The second-order valence-corrected chi connectivity index (χ2v) is 14.4. The van der Waals surface area contributed by atoms with E-state index in [-0.39, 0.29) is 35.2 Å². The molecule has 1 aliphatic heterocycles. The van der Waals surface area contributed by atoms with Crippen molar-refractivity contribution in [3.8, 4) is 23.0 Å². The lowest BCUT2D eigenvalue weighted by Crippen LogP contribution is -2.44. The Morgan fingerprint density at radius 2 is 1.77 bits per heavy atom. The van der Waals surface area contributed by atoms with E-state index in [0.717, 1.165) is 49.1 Å². The van der Waals surface area contributed by atoms with Gasteiger partial charge in [-0.1, -0.05) is 50.0 Å². The van der Waals surface area contributed by atoms with Gasteiger partial charge in [0.1, 0.15) is 5.75 Å². The Balaban J connectivity index is 1.16. The number of phenols is 3. The summed E-state index contributed by atoms with van der Waals surface area (Å²) in [6, 6.07) is 8.04. The van der Waals surface area contributed by atoms with Crippen LogP contribution in [0.25, 0.3) is 0 Å². The molecule has 0 bridgehead atoms. The molecule has 3 aliphatic carbocycles. The summed E-state index contributed by atoms with van der Waals surface area (Å²) >= 11 is 0. The van der Waals surface area contributed by atoms with Crippen molar-refractivity contribution in [2.24, 2.45) is 17.8 Å². The number of methoxy groups -OCH3 is 1. The fraction of sp³-hybridized carbons (Fsp3) is 0.538. The van der Waals surface area contributed by atoms with E-state index in [1.165, 1.54) is 38.4 Å². The first kappa shape index (κ1) is 32.1. The summed E-state index contributed by atoms with van der Waals surface area (Å²) in [5.41, 5.74) is 4.52. The second kappa shape index (κ2) is 13.6. The van der Waals surface area contributed by atoms with Crippen LogP contribution in [0.3, 0.4) is 0 Å². The molecular weight excluding hydrogens is 594 g/mol. The molecular formula is C39H49NO7. The highest BCUT2D eigenvalue weighted by Gasteiger charge is 2.44. The zero-order valence-corrected chi connectivity index (χ0v) is 27.3. The Morgan fingerprint density at radius 3 is 2.51 bits per heavy atom. The van der Waals surface area contributed by atoms with E-state index in [0.29, 0.717) is 35.6 Å². The van der Waals surface area contributed by atoms with E-state index in [9.17, 15) is 25.5 Å². The normalized spacial score (nSPS) is 29.6. The van der Waals surface area contributed by atoms with Gasteiger partial charge < -0.3 is 40.0 Å². The van der Waals surface area contributed by atoms with Gasteiger partial charge in [0.05, 0.1) is 32.0 Å². The molecule has 252 valence electrons. The average molecular weight is 644 g/mol. The molecule has 3 fully saturated rings. The number of benzene rings is 2. The predicted molar refractivity (Wildman–Crippen MR) is 179 cm³/mol. The van der Waals surface area contributed by atoms with Gasteiger partial charge in [0.15, 0.2) is 11.5 Å². The molecule has 4 aliphatic rings. The minimum atomic E-state index is -0.622. The molecule has 7 atom stereocenters. The number of hydrogen-bond acceptors (Lipinski definition) is 7. The fourth-order valence-corrected chi connectivity index (χ4v) is 9.43. The first-order valence-electron chi connectivity index (χ1n) is 17.5. The highest BCUT2D eigenvalue weighted by molar-refractivity contribution is 5.64. The molecule has 2 heterocycles. The number of aromatic nitrogens is 1. The number of ether oxygens (including phenoxy) is 2. The Kier molecular flexibility index (Phi) is 9.27. The highest BCUT2D eigenvalue weighted by Crippen LogP contribution is 2.52.